The van der Waals surface area contributed by atoms with E-state index >= 15 is 0 Å². The highest BCUT2D eigenvalue weighted by Crippen LogP contribution is 2.44. The van der Waals surface area contributed by atoms with Crippen molar-refractivity contribution in [1.29, 1.82) is 0 Å². The van der Waals surface area contributed by atoms with Crippen LogP contribution in [0.1, 0.15) is 35.8 Å². The molecule has 2 amide bonds. The molecule has 3 atom stereocenters. The normalized spacial score (nSPS) is 23.6. The van der Waals surface area contributed by atoms with Crippen LogP contribution in [0.4, 0.5) is 23.7 Å². The number of carbonyl (C=O) groups excluding carboxylic acids is 2. The molecule has 166 valence electrons. The molecule has 1 heterocycles. The van der Waals surface area contributed by atoms with Crippen LogP contribution in [-0.2, 0) is 0 Å². The van der Waals surface area contributed by atoms with Crippen LogP contribution in [0.2, 0.25) is 0 Å². The minimum absolute atomic E-state index is 0.00196. The van der Waals surface area contributed by atoms with E-state index in [0.717, 1.165) is 18.8 Å². The molecule has 0 unspecified atom stereocenters. The number of urea groups is 1. The van der Waals surface area contributed by atoms with Crippen LogP contribution in [-0.4, -0.2) is 41.9 Å². The maximum absolute atomic E-state index is 13.9. The maximum atomic E-state index is 13.9. The van der Waals surface area contributed by atoms with Gasteiger partial charge < -0.3 is 20.6 Å². The third-order valence-corrected chi connectivity index (χ3v) is 5.53. The van der Waals surface area contributed by atoms with Crippen molar-refractivity contribution in [3.8, 4) is 0 Å². The van der Waals surface area contributed by atoms with E-state index < -0.39 is 35.7 Å². The quantitative estimate of drug-likeness (QED) is 0.606. The first-order valence-corrected chi connectivity index (χ1v) is 9.94. The van der Waals surface area contributed by atoms with Gasteiger partial charge in [-0.2, -0.15) is 13.2 Å². The first kappa shape index (κ1) is 22.6. The molecule has 6 nitrogen and oxygen atoms in total. The first-order valence-electron chi connectivity index (χ1n) is 9.94. The summed E-state index contributed by atoms with van der Waals surface area (Å²) in [5.41, 5.74) is -2.60. The monoisotopic (exact) mass is 435 g/mol. The van der Waals surface area contributed by atoms with Gasteiger partial charge in [-0.15, -0.1) is 0 Å². The molecule has 0 bridgehead atoms. The number of hydrogen-bond donors (Lipinski definition) is 3. The largest absolute Gasteiger partial charge is 0.437 e. The number of alkyl halides is 3. The molecule has 0 aliphatic carbocycles. The van der Waals surface area contributed by atoms with E-state index in [2.05, 4.69) is 5.32 Å². The predicted molar refractivity (Wildman–Crippen MR) is 110 cm³/mol. The zero-order valence-corrected chi connectivity index (χ0v) is 17.1. The van der Waals surface area contributed by atoms with E-state index in [1.807, 2.05) is 18.7 Å². The molecule has 2 aromatic carbocycles. The van der Waals surface area contributed by atoms with E-state index in [4.69, 9.17) is 0 Å². The number of ketones is 1. The Labute approximate surface area is 178 Å². The minimum atomic E-state index is -5.28. The van der Waals surface area contributed by atoms with E-state index in [1.165, 1.54) is 29.6 Å². The Hall–Kier alpha value is -3.07. The van der Waals surface area contributed by atoms with Gasteiger partial charge in [0.2, 0.25) is 5.72 Å². The van der Waals surface area contributed by atoms with Gasteiger partial charge in [-0.3, -0.25) is 4.79 Å². The molecule has 31 heavy (non-hydrogen) atoms. The van der Waals surface area contributed by atoms with Gasteiger partial charge in [-0.25, -0.2) is 4.79 Å². The van der Waals surface area contributed by atoms with E-state index in [-0.39, 0.29) is 11.1 Å². The van der Waals surface area contributed by atoms with Gasteiger partial charge in [0.15, 0.2) is 5.78 Å². The third kappa shape index (κ3) is 4.23. The second-order valence-corrected chi connectivity index (χ2v) is 7.31. The summed E-state index contributed by atoms with van der Waals surface area (Å²) < 4.78 is 41.8. The van der Waals surface area contributed by atoms with Crippen LogP contribution in [0.15, 0.2) is 54.6 Å². The number of benzene rings is 2. The summed E-state index contributed by atoms with van der Waals surface area (Å²) in [6.07, 6.45) is -5.28. The average molecular weight is 435 g/mol. The Morgan fingerprint density at radius 1 is 1.06 bits per heavy atom. The number of rotatable bonds is 6. The number of anilines is 1. The summed E-state index contributed by atoms with van der Waals surface area (Å²) in [6, 6.07) is 11.3. The zero-order chi connectivity index (χ0) is 22.8. The van der Waals surface area contributed by atoms with Gasteiger partial charge in [0.25, 0.3) is 0 Å². The lowest BCUT2D eigenvalue weighted by Gasteiger charge is -2.45. The van der Waals surface area contributed by atoms with Gasteiger partial charge in [-0.05, 0) is 31.5 Å². The third-order valence-electron chi connectivity index (χ3n) is 5.53. The van der Waals surface area contributed by atoms with Crippen molar-refractivity contribution in [2.75, 3.05) is 18.0 Å². The molecule has 3 N–H and O–H groups in total. The molecule has 9 heteroatoms. The van der Waals surface area contributed by atoms with Crippen molar-refractivity contribution < 1.29 is 27.9 Å². The Balaban J connectivity index is 2.09. The zero-order valence-electron chi connectivity index (χ0n) is 17.1. The number of carbonyl (C=O) groups is 2. The number of hydrogen-bond acceptors (Lipinski definition) is 4. The van der Waals surface area contributed by atoms with Crippen molar-refractivity contribution in [1.82, 2.24) is 10.6 Å². The maximum Gasteiger partial charge on any atom is 0.437 e. The first-order chi connectivity index (χ1) is 14.6. The fourth-order valence-corrected chi connectivity index (χ4v) is 3.88. The Morgan fingerprint density at radius 2 is 1.65 bits per heavy atom. The summed E-state index contributed by atoms with van der Waals surface area (Å²) in [4.78, 5) is 27.3. The van der Waals surface area contributed by atoms with E-state index in [1.54, 1.807) is 30.3 Å². The fraction of sp³-hybridized carbons (Fsp3) is 0.364. The summed E-state index contributed by atoms with van der Waals surface area (Å²) in [5, 5.41) is 14.5. The van der Waals surface area contributed by atoms with Crippen molar-refractivity contribution in [2.24, 2.45) is 5.92 Å². The number of Topliss-reactive ketones (excluding diaryl/α,β-unsaturated/α-hetero) is 1. The molecule has 0 spiro atoms. The van der Waals surface area contributed by atoms with Crippen molar-refractivity contribution in [3.05, 3.63) is 65.7 Å². The lowest BCUT2D eigenvalue weighted by atomic mass is 9.77. The molecular weight excluding hydrogens is 411 g/mol. The van der Waals surface area contributed by atoms with Gasteiger partial charge >= 0.3 is 12.2 Å². The van der Waals surface area contributed by atoms with Crippen LogP contribution in [0.5, 0.6) is 0 Å². The molecule has 1 fully saturated rings. The Kier molecular flexibility index (Phi) is 6.26. The second-order valence-electron chi connectivity index (χ2n) is 7.31. The summed E-state index contributed by atoms with van der Waals surface area (Å²) in [7, 11) is 0. The number of nitrogens with zero attached hydrogens (tertiary/aromatic N) is 1. The lowest BCUT2D eigenvalue weighted by Crippen LogP contribution is -2.72. The van der Waals surface area contributed by atoms with Gasteiger partial charge in [0, 0.05) is 24.3 Å². The van der Waals surface area contributed by atoms with E-state index in [9.17, 15) is 27.9 Å². The average Bonchev–Trinajstić information content (AvgIpc) is 2.74. The number of amides is 2. The molecule has 0 radical (unpaired) electrons. The Bertz CT molecular complexity index is 931. The second kappa shape index (κ2) is 8.58. The predicted octanol–water partition coefficient (Wildman–Crippen LogP) is 3.64. The van der Waals surface area contributed by atoms with Gasteiger partial charge in [0.05, 0.1) is 6.04 Å². The highest BCUT2D eigenvalue weighted by Gasteiger charge is 2.66. The number of aliphatic hydroxyl groups is 1. The molecular formula is C22H24F3N3O3. The molecule has 1 aliphatic heterocycles. The summed E-state index contributed by atoms with van der Waals surface area (Å²) in [5.74, 6) is -2.97. The van der Waals surface area contributed by atoms with Gasteiger partial charge in [-0.1, -0.05) is 42.5 Å². The SMILES string of the molecule is CCN(CC)c1ccc([C@@H]2NC(=O)N[C@@](O)(C(F)(F)F)[C@H]2C(=O)c2ccccc2)cc1. The van der Waals surface area contributed by atoms with Crippen LogP contribution in [0.25, 0.3) is 0 Å². The molecule has 1 saturated heterocycles. The Morgan fingerprint density at radius 3 is 2.16 bits per heavy atom. The summed E-state index contributed by atoms with van der Waals surface area (Å²) in [6.45, 7) is 5.43. The van der Waals surface area contributed by atoms with Crippen LogP contribution < -0.4 is 15.5 Å². The minimum Gasteiger partial charge on any atom is -0.372 e. The van der Waals surface area contributed by atoms with Crippen LogP contribution in [0, 0.1) is 5.92 Å². The fourth-order valence-electron chi connectivity index (χ4n) is 3.88. The molecule has 1 aliphatic rings. The van der Waals surface area contributed by atoms with Crippen molar-refractivity contribution in [2.45, 2.75) is 31.8 Å². The number of nitrogens with one attached hydrogen (secondary N) is 2. The smallest absolute Gasteiger partial charge is 0.372 e. The van der Waals surface area contributed by atoms with Crippen molar-refractivity contribution in [3.63, 3.8) is 0 Å². The topological polar surface area (TPSA) is 81.7 Å². The van der Waals surface area contributed by atoms with E-state index in [0.29, 0.717) is 0 Å². The molecule has 3 rings (SSSR count). The number of halogens is 3. The van der Waals surface area contributed by atoms with Crippen LogP contribution >= 0.6 is 0 Å². The molecule has 0 aromatic heterocycles. The van der Waals surface area contributed by atoms with Crippen molar-refractivity contribution >= 4 is 17.5 Å². The molecule has 2 aromatic rings. The lowest BCUT2D eigenvalue weighted by molar-refractivity contribution is -0.287. The highest BCUT2D eigenvalue weighted by molar-refractivity contribution is 6.00. The molecule has 0 saturated carbocycles. The van der Waals surface area contributed by atoms with Crippen LogP contribution in [0.3, 0.4) is 0 Å². The summed E-state index contributed by atoms with van der Waals surface area (Å²) >= 11 is 0. The standard InChI is InChI=1S/C22H24F3N3O3/c1-3-28(4-2)16-12-10-14(11-13-16)18-17(19(29)15-8-6-5-7-9-15)21(31,22(23,24)25)27-20(30)26-18/h5-13,17-18,31H,3-4H2,1-2H3,(H2,26,27,30)/t17-,18+,21+/m1/s1. The van der Waals surface area contributed by atoms with Gasteiger partial charge in [0.1, 0.15) is 5.92 Å². The highest BCUT2D eigenvalue weighted by atomic mass is 19.4.